The zero-order valence-corrected chi connectivity index (χ0v) is 25.0. The lowest BCUT2D eigenvalue weighted by Gasteiger charge is -2.32. The van der Waals surface area contributed by atoms with Crippen LogP contribution in [0.25, 0.3) is 0 Å². The number of hydrogen-bond donors (Lipinski definition) is 1. The highest BCUT2D eigenvalue weighted by molar-refractivity contribution is 7.92. The molecule has 0 spiro atoms. The lowest BCUT2D eigenvalue weighted by Crippen LogP contribution is -2.52. The molecule has 0 bridgehead atoms. The molecule has 0 radical (unpaired) electrons. The average molecular weight is 609 g/mol. The second kappa shape index (κ2) is 13.5. The number of hydrogen-bond acceptors (Lipinski definition) is 4. The van der Waals surface area contributed by atoms with Crippen LogP contribution < -0.4 is 9.62 Å². The minimum Gasteiger partial charge on any atom is -0.352 e. The Morgan fingerprint density at radius 3 is 2.23 bits per heavy atom. The zero-order valence-electron chi connectivity index (χ0n) is 22.7. The van der Waals surface area contributed by atoms with E-state index in [9.17, 15) is 22.4 Å². The molecule has 0 heterocycles. The molecule has 0 saturated carbocycles. The third kappa shape index (κ3) is 7.53. The molecular weight excluding hydrogens is 576 g/mol. The van der Waals surface area contributed by atoms with Gasteiger partial charge in [0.1, 0.15) is 18.4 Å². The number of amides is 2. The van der Waals surface area contributed by atoms with Gasteiger partial charge in [-0.15, -0.1) is 0 Å². The van der Waals surface area contributed by atoms with Crippen molar-refractivity contribution in [3.05, 3.63) is 93.7 Å². The summed E-state index contributed by atoms with van der Waals surface area (Å²) in [6.45, 7) is 6.15. The van der Waals surface area contributed by atoms with Gasteiger partial charge in [0.15, 0.2) is 0 Å². The van der Waals surface area contributed by atoms with Gasteiger partial charge in [0.2, 0.25) is 11.8 Å². The average Bonchev–Trinajstić information content (AvgIpc) is 2.92. The van der Waals surface area contributed by atoms with Gasteiger partial charge < -0.3 is 10.2 Å². The summed E-state index contributed by atoms with van der Waals surface area (Å²) in [6.07, 6.45) is 0.666. The van der Waals surface area contributed by atoms with Gasteiger partial charge in [-0.3, -0.25) is 13.9 Å². The van der Waals surface area contributed by atoms with Crippen LogP contribution in [0.4, 0.5) is 10.1 Å². The maximum Gasteiger partial charge on any atom is 0.264 e. The van der Waals surface area contributed by atoms with Gasteiger partial charge in [0, 0.05) is 18.2 Å². The Bertz CT molecular complexity index is 1470. The number of carbonyl (C=O) groups is 2. The van der Waals surface area contributed by atoms with E-state index < -0.39 is 40.2 Å². The summed E-state index contributed by atoms with van der Waals surface area (Å²) in [5, 5.41) is 3.14. The standard InChI is InChI=1S/C29H32Cl2FN3O4S/c1-5-20(3)33-29(37)21(4)34(17-22-8-6-7-9-27(22)32)28(36)18-35(23-12-15-25(30)26(31)16-23)40(38,39)24-13-10-19(2)11-14-24/h6-16,20-21H,5,17-18H2,1-4H3,(H,33,37)/t20-,21+/m1/s1. The minimum atomic E-state index is -4.27. The molecule has 0 fully saturated rings. The molecule has 0 saturated heterocycles. The van der Waals surface area contributed by atoms with Gasteiger partial charge in [0.25, 0.3) is 10.0 Å². The van der Waals surface area contributed by atoms with Crippen LogP contribution in [0.3, 0.4) is 0 Å². The Hall–Kier alpha value is -3.14. The molecule has 0 unspecified atom stereocenters. The lowest BCUT2D eigenvalue weighted by molar-refractivity contribution is -0.139. The van der Waals surface area contributed by atoms with E-state index in [1.165, 1.54) is 60.4 Å². The summed E-state index contributed by atoms with van der Waals surface area (Å²) in [5.41, 5.74) is 1.14. The van der Waals surface area contributed by atoms with Crippen LogP contribution in [-0.4, -0.2) is 43.8 Å². The molecule has 0 aliphatic heterocycles. The van der Waals surface area contributed by atoms with Crippen molar-refractivity contribution in [2.24, 2.45) is 0 Å². The molecule has 3 rings (SSSR count). The fraction of sp³-hybridized carbons (Fsp3) is 0.310. The third-order valence-electron chi connectivity index (χ3n) is 6.55. The number of anilines is 1. The summed E-state index contributed by atoms with van der Waals surface area (Å²) < 4.78 is 43.2. The summed E-state index contributed by atoms with van der Waals surface area (Å²) in [6, 6.07) is 15.1. The first kappa shape index (κ1) is 31.4. The highest BCUT2D eigenvalue weighted by atomic mass is 35.5. The van der Waals surface area contributed by atoms with Gasteiger partial charge in [-0.25, -0.2) is 12.8 Å². The van der Waals surface area contributed by atoms with Crippen molar-refractivity contribution in [3.8, 4) is 0 Å². The monoisotopic (exact) mass is 607 g/mol. The number of aryl methyl sites for hydroxylation is 1. The number of nitrogens with zero attached hydrogens (tertiary/aromatic N) is 2. The van der Waals surface area contributed by atoms with E-state index in [-0.39, 0.29) is 38.8 Å². The molecule has 3 aromatic rings. The van der Waals surface area contributed by atoms with Gasteiger partial charge in [-0.1, -0.05) is 66.0 Å². The van der Waals surface area contributed by atoms with Crippen LogP contribution in [0.5, 0.6) is 0 Å². The first-order valence-electron chi connectivity index (χ1n) is 12.7. The van der Waals surface area contributed by atoms with Crippen LogP contribution in [0.15, 0.2) is 71.6 Å². The maximum atomic E-state index is 14.6. The maximum absolute atomic E-state index is 14.6. The van der Waals surface area contributed by atoms with Gasteiger partial charge in [0.05, 0.1) is 20.6 Å². The van der Waals surface area contributed by atoms with E-state index in [1.54, 1.807) is 18.2 Å². The van der Waals surface area contributed by atoms with Crippen molar-refractivity contribution >= 4 is 50.7 Å². The van der Waals surface area contributed by atoms with Gasteiger partial charge in [-0.2, -0.15) is 0 Å². The Labute approximate surface area is 244 Å². The summed E-state index contributed by atoms with van der Waals surface area (Å²) >= 11 is 12.3. The molecule has 0 aliphatic rings. The van der Waals surface area contributed by atoms with Crippen LogP contribution >= 0.6 is 23.2 Å². The Morgan fingerprint density at radius 2 is 1.62 bits per heavy atom. The van der Waals surface area contributed by atoms with E-state index in [0.29, 0.717) is 6.42 Å². The molecular formula is C29H32Cl2FN3O4S. The quantitative estimate of drug-likeness (QED) is 0.291. The first-order valence-corrected chi connectivity index (χ1v) is 14.9. The van der Waals surface area contributed by atoms with Crippen molar-refractivity contribution in [1.29, 1.82) is 0 Å². The SMILES string of the molecule is CC[C@@H](C)NC(=O)[C@H](C)N(Cc1ccccc1F)C(=O)CN(c1ccc(Cl)c(Cl)c1)S(=O)(=O)c1ccc(C)cc1. The zero-order chi connectivity index (χ0) is 29.6. The molecule has 214 valence electrons. The van der Waals surface area contributed by atoms with Crippen molar-refractivity contribution in [3.63, 3.8) is 0 Å². The predicted octanol–water partition coefficient (Wildman–Crippen LogP) is 5.97. The largest absolute Gasteiger partial charge is 0.352 e. The molecule has 1 N–H and O–H groups in total. The molecule has 40 heavy (non-hydrogen) atoms. The Balaban J connectivity index is 2.06. The summed E-state index contributed by atoms with van der Waals surface area (Å²) in [7, 11) is -4.27. The third-order valence-corrected chi connectivity index (χ3v) is 9.07. The molecule has 0 aromatic heterocycles. The highest BCUT2D eigenvalue weighted by Crippen LogP contribution is 2.31. The number of carbonyl (C=O) groups excluding carboxylic acids is 2. The highest BCUT2D eigenvalue weighted by Gasteiger charge is 2.33. The summed E-state index contributed by atoms with van der Waals surface area (Å²) in [5.74, 6) is -1.71. The second-order valence-corrected chi connectivity index (χ2v) is 12.2. The number of sulfonamides is 1. The number of rotatable bonds is 11. The topological polar surface area (TPSA) is 86.8 Å². The molecule has 11 heteroatoms. The van der Waals surface area contributed by atoms with E-state index in [0.717, 1.165) is 9.87 Å². The number of benzene rings is 3. The van der Waals surface area contributed by atoms with Gasteiger partial charge in [-0.05, 0) is 63.6 Å². The molecule has 2 atom stereocenters. The van der Waals surface area contributed by atoms with E-state index in [2.05, 4.69) is 5.32 Å². The van der Waals surface area contributed by atoms with Crippen molar-refractivity contribution in [1.82, 2.24) is 10.2 Å². The Kier molecular flexibility index (Phi) is 10.6. The van der Waals surface area contributed by atoms with Crippen molar-refractivity contribution < 1.29 is 22.4 Å². The van der Waals surface area contributed by atoms with Crippen LogP contribution in [0.1, 0.15) is 38.3 Å². The normalized spacial score (nSPS) is 12.9. The fourth-order valence-electron chi connectivity index (χ4n) is 3.86. The summed E-state index contributed by atoms with van der Waals surface area (Å²) in [4.78, 5) is 28.1. The smallest absolute Gasteiger partial charge is 0.264 e. The first-order chi connectivity index (χ1) is 18.8. The van der Waals surface area contributed by atoms with Crippen molar-refractivity contribution in [2.75, 3.05) is 10.8 Å². The number of halogens is 3. The van der Waals surface area contributed by atoms with E-state index in [1.807, 2.05) is 20.8 Å². The van der Waals surface area contributed by atoms with Gasteiger partial charge >= 0.3 is 0 Å². The number of nitrogens with one attached hydrogen (secondary N) is 1. The van der Waals surface area contributed by atoms with Crippen LogP contribution in [0.2, 0.25) is 10.0 Å². The minimum absolute atomic E-state index is 0.0415. The molecule has 7 nitrogen and oxygen atoms in total. The molecule has 2 amide bonds. The van der Waals surface area contributed by atoms with Crippen LogP contribution in [-0.2, 0) is 26.2 Å². The van der Waals surface area contributed by atoms with Crippen LogP contribution in [0, 0.1) is 12.7 Å². The Morgan fingerprint density at radius 1 is 0.975 bits per heavy atom. The molecule has 0 aliphatic carbocycles. The van der Waals surface area contributed by atoms with Crippen molar-refractivity contribution in [2.45, 2.75) is 57.6 Å². The lowest BCUT2D eigenvalue weighted by atomic mass is 10.1. The van der Waals surface area contributed by atoms with E-state index in [4.69, 9.17) is 23.2 Å². The van der Waals surface area contributed by atoms with E-state index >= 15 is 0 Å². The second-order valence-electron chi connectivity index (χ2n) is 9.53. The predicted molar refractivity (Wildman–Crippen MR) is 156 cm³/mol. The fourth-order valence-corrected chi connectivity index (χ4v) is 5.56. The molecule has 3 aromatic carbocycles.